The fourth-order valence-electron chi connectivity index (χ4n) is 5.68. The highest BCUT2D eigenvalue weighted by atomic mass is 79.9. The van der Waals surface area contributed by atoms with Crippen molar-refractivity contribution in [1.82, 2.24) is 0 Å². The molecule has 36 heavy (non-hydrogen) atoms. The summed E-state index contributed by atoms with van der Waals surface area (Å²) in [6.07, 6.45) is 3.15. The Morgan fingerprint density at radius 2 is 2.00 bits per heavy atom. The Balaban J connectivity index is 1.29. The van der Waals surface area contributed by atoms with Crippen molar-refractivity contribution in [2.75, 3.05) is 13.2 Å². The molecule has 0 amide bonds. The predicted molar refractivity (Wildman–Crippen MR) is 133 cm³/mol. The lowest BCUT2D eigenvalue weighted by Gasteiger charge is -2.33. The highest BCUT2D eigenvalue weighted by Crippen LogP contribution is 2.50. The number of aldehydes is 1. The monoisotopic (exact) mass is 564 g/mol. The van der Waals surface area contributed by atoms with Crippen LogP contribution in [-0.4, -0.2) is 74.0 Å². The van der Waals surface area contributed by atoms with E-state index < -0.39 is 11.9 Å². The van der Waals surface area contributed by atoms with Crippen molar-refractivity contribution in [2.24, 2.45) is 0 Å². The summed E-state index contributed by atoms with van der Waals surface area (Å²) in [5.74, 6) is -1.25. The largest absolute Gasteiger partial charge is 0.458 e. The van der Waals surface area contributed by atoms with Gasteiger partial charge in [-0.2, -0.15) is 0 Å². The minimum atomic E-state index is -0.879. The molecule has 5 aliphatic rings. The lowest BCUT2D eigenvalue weighted by atomic mass is 9.97. The molecule has 6 bridgehead atoms. The molecule has 0 N–H and O–H groups in total. The Morgan fingerprint density at radius 3 is 2.78 bits per heavy atom. The van der Waals surface area contributed by atoms with Gasteiger partial charge in [-0.15, -0.1) is 0 Å². The summed E-state index contributed by atoms with van der Waals surface area (Å²) >= 11 is 3.42. The van der Waals surface area contributed by atoms with Crippen molar-refractivity contribution in [2.45, 2.75) is 93.5 Å². The summed E-state index contributed by atoms with van der Waals surface area (Å²) in [6.45, 7) is 4.80. The molecule has 1 aromatic carbocycles. The summed E-state index contributed by atoms with van der Waals surface area (Å²) in [7, 11) is 0. The zero-order valence-corrected chi connectivity index (χ0v) is 21.8. The minimum absolute atomic E-state index is 0.118. The highest BCUT2D eigenvalue weighted by Gasteiger charge is 2.64. The van der Waals surface area contributed by atoms with Crippen LogP contribution < -0.4 is 0 Å². The zero-order valence-electron chi connectivity index (χ0n) is 20.2. The molecule has 5 fully saturated rings. The van der Waals surface area contributed by atoms with Gasteiger partial charge in [-0.05, 0) is 35.9 Å². The Hall–Kier alpha value is -1.62. The Labute approximate surface area is 219 Å². The molecule has 196 valence electrons. The van der Waals surface area contributed by atoms with Gasteiger partial charge in [0.05, 0.1) is 24.4 Å². The molecular weight excluding hydrogens is 532 g/mol. The van der Waals surface area contributed by atoms with Crippen molar-refractivity contribution >= 4 is 28.2 Å². The van der Waals surface area contributed by atoms with E-state index in [1.807, 2.05) is 18.2 Å². The van der Waals surface area contributed by atoms with Crippen LogP contribution in [-0.2, 0) is 33.2 Å². The number of carbonyl (C=O) groups is 2. The summed E-state index contributed by atoms with van der Waals surface area (Å²) < 4.78 is 38.5. The van der Waals surface area contributed by atoms with Crippen LogP contribution in [0.2, 0.25) is 0 Å². The van der Waals surface area contributed by atoms with Crippen LogP contribution in [0.3, 0.4) is 0 Å². The smallest absolute Gasteiger partial charge is 0.338 e. The molecule has 0 saturated carbocycles. The first-order valence-electron chi connectivity index (χ1n) is 12.7. The Morgan fingerprint density at radius 1 is 1.17 bits per heavy atom. The van der Waals surface area contributed by atoms with Gasteiger partial charge < -0.3 is 33.2 Å². The van der Waals surface area contributed by atoms with Crippen LogP contribution in [0.4, 0.5) is 0 Å². The van der Waals surface area contributed by atoms with Gasteiger partial charge in [-0.25, -0.2) is 4.79 Å². The van der Waals surface area contributed by atoms with Gasteiger partial charge in [0.2, 0.25) is 0 Å². The van der Waals surface area contributed by atoms with Crippen LogP contribution in [0.5, 0.6) is 0 Å². The number of esters is 1. The van der Waals surface area contributed by atoms with E-state index in [1.165, 1.54) is 0 Å². The van der Waals surface area contributed by atoms with E-state index in [2.05, 4.69) is 22.5 Å². The summed E-state index contributed by atoms with van der Waals surface area (Å²) in [6, 6.07) is 8.95. The van der Waals surface area contributed by atoms with E-state index in [0.717, 1.165) is 23.6 Å². The third-order valence-corrected chi connectivity index (χ3v) is 7.68. The van der Waals surface area contributed by atoms with Gasteiger partial charge in [0.1, 0.15) is 36.8 Å². The van der Waals surface area contributed by atoms with E-state index in [-0.39, 0.29) is 42.6 Å². The summed E-state index contributed by atoms with van der Waals surface area (Å²) in [5.41, 5.74) is 0.505. The summed E-state index contributed by atoms with van der Waals surface area (Å²) in [5, 5.41) is 0. The molecular formula is C27H33BrO8. The second-order valence-corrected chi connectivity index (χ2v) is 11.1. The Bertz CT molecular complexity index is 941. The van der Waals surface area contributed by atoms with E-state index in [0.29, 0.717) is 50.9 Å². The van der Waals surface area contributed by atoms with Crippen molar-refractivity contribution in [1.29, 1.82) is 0 Å². The van der Waals surface area contributed by atoms with E-state index in [4.69, 9.17) is 28.4 Å². The van der Waals surface area contributed by atoms with Crippen LogP contribution in [0.15, 0.2) is 41.4 Å². The average molecular weight is 565 g/mol. The van der Waals surface area contributed by atoms with Crippen LogP contribution in [0, 0.1) is 0 Å². The van der Waals surface area contributed by atoms with Crippen molar-refractivity contribution in [3.8, 4) is 0 Å². The SMILES string of the molecule is C=C(Br)C[C@@H](CC[C@]12CC3O[C@H]4C(CO[C@@H](CC=O)CCCO[C@H]4C3O1)O2)OC(=O)c1ccccc1. The number of rotatable bonds is 9. The molecule has 6 rings (SSSR count). The van der Waals surface area contributed by atoms with Gasteiger partial charge in [0.15, 0.2) is 5.79 Å². The van der Waals surface area contributed by atoms with Crippen molar-refractivity contribution < 1.29 is 38.0 Å². The molecule has 5 saturated heterocycles. The van der Waals surface area contributed by atoms with Gasteiger partial charge in [-0.3, -0.25) is 0 Å². The first-order chi connectivity index (χ1) is 17.5. The van der Waals surface area contributed by atoms with Gasteiger partial charge in [0, 0.05) is 32.3 Å². The Kier molecular flexibility index (Phi) is 8.24. The quantitative estimate of drug-likeness (QED) is 0.327. The minimum Gasteiger partial charge on any atom is -0.458 e. The number of benzene rings is 1. The molecule has 0 spiro atoms. The topological polar surface area (TPSA) is 89.5 Å². The second kappa shape index (κ2) is 11.4. The number of hydrogen-bond acceptors (Lipinski definition) is 8. The number of halogens is 1. The lowest BCUT2D eigenvalue weighted by molar-refractivity contribution is -0.259. The third kappa shape index (κ3) is 5.76. The fourth-order valence-corrected chi connectivity index (χ4v) is 6.04. The maximum atomic E-state index is 12.7. The van der Waals surface area contributed by atoms with E-state index in [1.54, 1.807) is 12.1 Å². The van der Waals surface area contributed by atoms with Crippen molar-refractivity contribution in [3.63, 3.8) is 0 Å². The first kappa shape index (κ1) is 26.0. The van der Waals surface area contributed by atoms with Crippen LogP contribution in [0.1, 0.15) is 55.3 Å². The molecule has 0 aliphatic carbocycles. The highest BCUT2D eigenvalue weighted by molar-refractivity contribution is 9.11. The maximum absolute atomic E-state index is 12.7. The average Bonchev–Trinajstić information content (AvgIpc) is 3.27. The molecule has 5 aliphatic heterocycles. The molecule has 0 radical (unpaired) electrons. The number of hydrogen-bond donors (Lipinski definition) is 0. The van der Waals surface area contributed by atoms with E-state index in [9.17, 15) is 9.59 Å². The van der Waals surface area contributed by atoms with Crippen LogP contribution in [0.25, 0.3) is 0 Å². The fraction of sp³-hybridized carbons (Fsp3) is 0.630. The van der Waals surface area contributed by atoms with Gasteiger partial charge >= 0.3 is 5.97 Å². The third-order valence-electron chi connectivity index (χ3n) is 7.36. The zero-order chi connectivity index (χ0) is 25.1. The van der Waals surface area contributed by atoms with Crippen molar-refractivity contribution in [3.05, 3.63) is 47.0 Å². The van der Waals surface area contributed by atoms with Gasteiger partial charge in [0.25, 0.3) is 0 Å². The normalized spacial score (nSPS) is 36.1. The second-order valence-electron chi connectivity index (χ2n) is 9.98. The molecule has 9 heteroatoms. The summed E-state index contributed by atoms with van der Waals surface area (Å²) in [4.78, 5) is 23.8. The molecule has 8 atom stereocenters. The molecule has 8 nitrogen and oxygen atoms in total. The molecule has 5 heterocycles. The lowest BCUT2D eigenvalue weighted by Crippen LogP contribution is -2.45. The van der Waals surface area contributed by atoms with Gasteiger partial charge in [-0.1, -0.05) is 40.7 Å². The van der Waals surface area contributed by atoms with E-state index >= 15 is 0 Å². The molecule has 1 aromatic rings. The first-order valence-corrected chi connectivity index (χ1v) is 13.5. The van der Waals surface area contributed by atoms with Crippen LogP contribution >= 0.6 is 15.9 Å². The number of ether oxygens (including phenoxy) is 6. The number of carbonyl (C=O) groups excluding carboxylic acids is 2. The predicted octanol–water partition coefficient (Wildman–Crippen LogP) is 4.10. The molecule has 0 aromatic heterocycles. The molecule has 3 unspecified atom stereocenters. The standard InChI is InChI=1S/C27H33BrO8/c1-17(28)14-20(33-26(30)18-6-3-2-4-7-18)9-11-27-15-21-24(36-27)25-23(34-21)22(35-27)16-32-19(10-12-29)8-5-13-31-25/h2-4,6-7,12,19-25H,1,5,8-11,13-16H2/t19-,20-,21?,22?,23+,24?,25-,27-/m1/s1. The maximum Gasteiger partial charge on any atom is 0.338 e.